The molecule has 0 aliphatic carbocycles. The van der Waals surface area contributed by atoms with Crippen LogP contribution in [0.15, 0.2) is 116 Å². The van der Waals surface area contributed by atoms with Crippen molar-refractivity contribution in [3.63, 3.8) is 0 Å². The molecule has 3 amide bonds. The first-order valence-corrected chi connectivity index (χ1v) is 23.7. The number of allylic oxidation sites excluding steroid dienone is 1. The Labute approximate surface area is 428 Å². The first-order chi connectivity index (χ1) is 35.3. The Hall–Kier alpha value is -9.19. The van der Waals surface area contributed by atoms with Crippen LogP contribution in [-0.4, -0.2) is 93.6 Å². The maximum absolute atomic E-state index is 13.0. The molecule has 0 spiro atoms. The van der Waals surface area contributed by atoms with Crippen molar-refractivity contribution in [1.82, 2.24) is 33.9 Å². The highest BCUT2D eigenvalue weighted by Crippen LogP contribution is 2.24. The standard InChI is InChI=1S/C33H36N6O2.C12H12N2O2.C11H12N2O4/c1-36(21-27-18-24-9-5-7-11-29(24)38(27)3)31(40)15-13-23-17-26(33(34)35-20-23)14-16-32(41)37(2)22-28-19-25-10-6-8-12-30(25)39(28)4;1-8(15)2-3-9-6-10-4-5-11(16)14-12(10)13-7-9;12-11-8(2-4-10(16)17)5-7(6-13-11)1-3-9(14)15/h5-13,15,17-20H,14,16,21-22H2,1-4H3,(H2,34,35);2-3,6-7H,4-5H2,1H3,(H,13,14,16);1,3,5-6H,2,4H2,(H2,12,13)(H,14,15)(H,16,17)/b15-13+;3-2+;3-1+. The molecule has 0 atom stereocenters. The van der Waals surface area contributed by atoms with Gasteiger partial charge >= 0.3 is 11.9 Å². The average Bonchev–Trinajstić information content (AvgIpc) is 3.87. The zero-order valence-electron chi connectivity index (χ0n) is 42.0. The largest absolute Gasteiger partial charge is 0.481 e. The van der Waals surface area contributed by atoms with Crippen LogP contribution in [0.5, 0.6) is 0 Å². The molecule has 7 N–H and O–H groups in total. The Kier molecular flexibility index (Phi) is 18.5. The van der Waals surface area contributed by atoms with Crippen molar-refractivity contribution in [2.24, 2.45) is 14.1 Å². The number of para-hydroxylation sites is 2. The highest BCUT2D eigenvalue weighted by Gasteiger charge is 2.17. The summed E-state index contributed by atoms with van der Waals surface area (Å²) in [5, 5.41) is 22.0. The number of ketones is 1. The fourth-order valence-electron chi connectivity index (χ4n) is 8.02. The number of carbonyl (C=O) groups excluding carboxylic acids is 4. The predicted octanol–water partition coefficient (Wildman–Crippen LogP) is 7.26. The van der Waals surface area contributed by atoms with Gasteiger partial charge in [0.15, 0.2) is 5.78 Å². The van der Waals surface area contributed by atoms with Gasteiger partial charge in [-0.2, -0.15) is 0 Å². The van der Waals surface area contributed by atoms with Gasteiger partial charge in [0.2, 0.25) is 17.7 Å². The predicted molar refractivity (Wildman–Crippen MR) is 287 cm³/mol. The van der Waals surface area contributed by atoms with Gasteiger partial charge in [-0.05, 0) is 137 Å². The highest BCUT2D eigenvalue weighted by molar-refractivity contribution is 5.94. The van der Waals surface area contributed by atoms with Crippen LogP contribution in [0.1, 0.15) is 71.0 Å². The number of rotatable bonds is 16. The van der Waals surface area contributed by atoms with E-state index in [0.29, 0.717) is 61.5 Å². The quantitative estimate of drug-likeness (QED) is 0.0598. The van der Waals surface area contributed by atoms with Crippen LogP contribution in [0, 0.1) is 0 Å². The normalized spacial score (nSPS) is 12.0. The molecule has 0 fully saturated rings. The van der Waals surface area contributed by atoms with Gasteiger partial charge in [0, 0.05) is 101 Å². The Balaban J connectivity index is 0.000000221. The maximum atomic E-state index is 13.0. The maximum Gasteiger partial charge on any atom is 0.328 e. The van der Waals surface area contributed by atoms with Gasteiger partial charge in [-0.1, -0.05) is 36.4 Å². The highest BCUT2D eigenvalue weighted by atomic mass is 16.4. The summed E-state index contributed by atoms with van der Waals surface area (Å²) in [5.74, 6) is -0.761. The summed E-state index contributed by atoms with van der Waals surface area (Å²) in [5.41, 5.74) is 20.7. The number of nitrogens with one attached hydrogen (secondary N) is 1. The molecule has 382 valence electrons. The number of likely N-dealkylation sites (N-methyl/N-ethyl adjacent to an activating group) is 1. The molecule has 0 saturated carbocycles. The van der Waals surface area contributed by atoms with Crippen molar-refractivity contribution in [1.29, 1.82) is 0 Å². The first kappa shape index (κ1) is 54.1. The third-order valence-corrected chi connectivity index (χ3v) is 12.2. The Morgan fingerprint density at radius 3 is 1.70 bits per heavy atom. The van der Waals surface area contributed by atoms with E-state index in [1.807, 2.05) is 57.5 Å². The molecule has 1 aliphatic rings. The SMILES string of the molecule is CC(=O)/C=C/c1cnc2c(c1)CCC(=O)N2.CN(Cc1cc2ccccc2n1C)C(=O)/C=C/c1cnc(N)c(CCC(=O)N(C)Cc2cc3ccccc3n2C)c1.Nc1ncc(/C=C/C(=O)O)cc1CCC(=O)O. The van der Waals surface area contributed by atoms with E-state index in [-0.39, 0.29) is 42.2 Å². The van der Waals surface area contributed by atoms with Crippen molar-refractivity contribution < 1.29 is 39.0 Å². The number of anilines is 3. The number of hydrogen-bond donors (Lipinski definition) is 5. The summed E-state index contributed by atoms with van der Waals surface area (Å²) in [6, 6.07) is 26.1. The number of aliphatic carboxylic acids is 2. The Morgan fingerprint density at radius 2 is 1.16 bits per heavy atom. The lowest BCUT2D eigenvalue weighted by molar-refractivity contribution is -0.137. The van der Waals surface area contributed by atoms with Gasteiger partial charge in [-0.3, -0.25) is 24.0 Å². The number of hydrogen-bond acceptors (Lipinski definition) is 11. The lowest BCUT2D eigenvalue weighted by Gasteiger charge is -2.18. The van der Waals surface area contributed by atoms with Crippen LogP contribution in [-0.2, 0) is 75.2 Å². The minimum atomic E-state index is -1.06. The van der Waals surface area contributed by atoms with Gasteiger partial charge in [0.25, 0.3) is 0 Å². The van der Waals surface area contributed by atoms with Crippen LogP contribution >= 0.6 is 0 Å². The van der Waals surface area contributed by atoms with E-state index in [1.54, 1.807) is 53.5 Å². The van der Waals surface area contributed by atoms with Crippen LogP contribution in [0.4, 0.5) is 17.5 Å². The van der Waals surface area contributed by atoms with Gasteiger partial charge in [-0.15, -0.1) is 0 Å². The second kappa shape index (κ2) is 25.3. The number of benzene rings is 2. The minimum absolute atomic E-state index is 0.00558. The number of aromatic nitrogens is 5. The van der Waals surface area contributed by atoms with Crippen LogP contribution in [0.25, 0.3) is 40.0 Å². The molecule has 0 bridgehead atoms. The number of carboxylic acid groups (broad SMARTS) is 2. The minimum Gasteiger partial charge on any atom is -0.481 e. The van der Waals surface area contributed by atoms with Crippen molar-refractivity contribution in [2.45, 2.75) is 58.5 Å². The molecular weight excluding hydrogens is 941 g/mol. The van der Waals surface area contributed by atoms with Gasteiger partial charge < -0.3 is 45.9 Å². The number of pyridine rings is 3. The fraction of sp³-hybridized carbons (Fsp3) is 0.232. The van der Waals surface area contributed by atoms with E-state index < -0.39 is 11.9 Å². The number of amides is 3. The molecule has 5 aromatic heterocycles. The number of nitrogen functional groups attached to an aromatic ring is 2. The molecule has 18 heteroatoms. The van der Waals surface area contributed by atoms with E-state index >= 15 is 0 Å². The monoisotopic (exact) mass is 1000 g/mol. The van der Waals surface area contributed by atoms with E-state index in [9.17, 15) is 28.8 Å². The molecular formula is C56H60N10O8. The summed E-state index contributed by atoms with van der Waals surface area (Å²) in [6.45, 7) is 2.52. The molecule has 1 aliphatic heterocycles. The molecule has 18 nitrogen and oxygen atoms in total. The van der Waals surface area contributed by atoms with E-state index in [1.165, 1.54) is 25.3 Å². The van der Waals surface area contributed by atoms with Crippen molar-refractivity contribution in [3.8, 4) is 0 Å². The lowest BCUT2D eigenvalue weighted by Crippen LogP contribution is -2.27. The topological polar surface area (TPSA) is 262 Å². The number of carboxylic acids is 2. The average molecular weight is 1000 g/mol. The second-order valence-corrected chi connectivity index (χ2v) is 17.7. The Morgan fingerprint density at radius 1 is 0.662 bits per heavy atom. The molecule has 8 rings (SSSR count). The van der Waals surface area contributed by atoms with E-state index in [4.69, 9.17) is 21.7 Å². The molecule has 6 heterocycles. The molecule has 74 heavy (non-hydrogen) atoms. The zero-order chi connectivity index (χ0) is 53.5. The summed E-state index contributed by atoms with van der Waals surface area (Å²) in [4.78, 5) is 84.2. The van der Waals surface area contributed by atoms with Crippen LogP contribution < -0.4 is 16.8 Å². The number of fused-ring (bicyclic) bond motifs is 3. The molecule has 0 unspecified atom stereocenters. The van der Waals surface area contributed by atoms with Gasteiger partial charge in [0.05, 0.1) is 13.1 Å². The van der Waals surface area contributed by atoms with Crippen LogP contribution in [0.2, 0.25) is 0 Å². The third kappa shape index (κ3) is 15.2. The first-order valence-electron chi connectivity index (χ1n) is 23.7. The summed E-state index contributed by atoms with van der Waals surface area (Å²) in [7, 11) is 7.64. The number of nitrogens with zero attached hydrogens (tertiary/aromatic N) is 7. The summed E-state index contributed by atoms with van der Waals surface area (Å²) >= 11 is 0. The fourth-order valence-corrected chi connectivity index (χ4v) is 8.02. The smallest absolute Gasteiger partial charge is 0.328 e. The number of nitrogens with two attached hydrogens (primary N) is 2. The van der Waals surface area contributed by atoms with E-state index in [0.717, 1.165) is 61.5 Å². The zero-order valence-corrected chi connectivity index (χ0v) is 42.0. The van der Waals surface area contributed by atoms with Gasteiger partial charge in [-0.25, -0.2) is 19.7 Å². The van der Waals surface area contributed by atoms with Crippen LogP contribution in [0.3, 0.4) is 0 Å². The van der Waals surface area contributed by atoms with Crippen molar-refractivity contribution in [2.75, 3.05) is 30.9 Å². The lowest BCUT2D eigenvalue weighted by atomic mass is 10.0. The van der Waals surface area contributed by atoms with Gasteiger partial charge in [0.1, 0.15) is 17.5 Å². The third-order valence-electron chi connectivity index (χ3n) is 12.2. The molecule has 0 radical (unpaired) electrons. The van der Waals surface area contributed by atoms with Crippen molar-refractivity contribution >= 4 is 92.9 Å². The number of aryl methyl sites for hydroxylation is 5. The second-order valence-electron chi connectivity index (χ2n) is 17.7. The molecule has 2 aromatic carbocycles. The summed E-state index contributed by atoms with van der Waals surface area (Å²) in [6.07, 6.45) is 15.8. The van der Waals surface area contributed by atoms with E-state index in [2.05, 4.69) is 65.8 Å². The molecule has 7 aromatic rings. The van der Waals surface area contributed by atoms with Crippen molar-refractivity contribution in [3.05, 3.63) is 160 Å². The summed E-state index contributed by atoms with van der Waals surface area (Å²) < 4.78 is 4.23. The number of carbonyl (C=O) groups is 6. The molecule has 0 saturated heterocycles. The Bertz CT molecular complexity index is 3310.